The Labute approximate surface area is 133 Å². The number of halogens is 1. The van der Waals surface area contributed by atoms with Crippen LogP contribution in [0.1, 0.15) is 51.6 Å². The van der Waals surface area contributed by atoms with Crippen molar-refractivity contribution in [3.63, 3.8) is 0 Å². The van der Waals surface area contributed by atoms with Crippen molar-refractivity contribution >= 4 is 18.3 Å². The van der Waals surface area contributed by atoms with Gasteiger partial charge >= 0.3 is 0 Å². The zero-order chi connectivity index (χ0) is 15.0. The average molecular weight is 315 g/mol. The topological polar surface area (TPSA) is 64.3 Å². The third-order valence-corrected chi connectivity index (χ3v) is 3.16. The summed E-state index contributed by atoms with van der Waals surface area (Å²) in [7, 11) is 0. The molecule has 3 N–H and O–H groups in total. The Morgan fingerprint density at radius 1 is 1.33 bits per heavy atom. The number of nitrogens with one attached hydrogen (secondary N) is 1. The van der Waals surface area contributed by atoms with Crippen molar-refractivity contribution in [2.45, 2.75) is 52.1 Å². The van der Waals surface area contributed by atoms with Gasteiger partial charge in [0, 0.05) is 18.0 Å². The minimum absolute atomic E-state index is 0. The number of ether oxygens (including phenoxy) is 1. The monoisotopic (exact) mass is 314 g/mol. The molecule has 0 bridgehead atoms. The van der Waals surface area contributed by atoms with Crippen LogP contribution in [0, 0.1) is 0 Å². The fourth-order valence-electron chi connectivity index (χ4n) is 2.08. The summed E-state index contributed by atoms with van der Waals surface area (Å²) in [6.45, 7) is 6.54. The van der Waals surface area contributed by atoms with E-state index in [1.54, 1.807) is 0 Å². The molecule has 5 heteroatoms. The molecule has 21 heavy (non-hydrogen) atoms. The molecule has 1 aromatic rings. The van der Waals surface area contributed by atoms with Crippen LogP contribution in [-0.4, -0.2) is 18.6 Å². The lowest BCUT2D eigenvalue weighted by Gasteiger charge is -2.20. The summed E-state index contributed by atoms with van der Waals surface area (Å²) >= 11 is 0. The molecule has 0 spiro atoms. The predicted octanol–water partition coefficient (Wildman–Crippen LogP) is 3.20. The predicted molar refractivity (Wildman–Crippen MR) is 88.9 cm³/mol. The van der Waals surface area contributed by atoms with E-state index in [0.29, 0.717) is 19.4 Å². The summed E-state index contributed by atoms with van der Waals surface area (Å²) in [5, 5.41) is 3.06. The van der Waals surface area contributed by atoms with E-state index >= 15 is 0 Å². The van der Waals surface area contributed by atoms with Gasteiger partial charge in [0.25, 0.3) is 0 Å². The van der Waals surface area contributed by atoms with E-state index in [9.17, 15) is 4.79 Å². The molecule has 0 saturated heterocycles. The molecule has 0 aliphatic heterocycles. The van der Waals surface area contributed by atoms with Gasteiger partial charge in [-0.3, -0.25) is 4.79 Å². The van der Waals surface area contributed by atoms with Crippen LogP contribution in [0.5, 0.6) is 5.75 Å². The maximum absolute atomic E-state index is 12.0. The highest BCUT2D eigenvalue weighted by Gasteiger charge is 2.16. The molecule has 0 fully saturated rings. The number of benzene rings is 1. The van der Waals surface area contributed by atoms with Crippen molar-refractivity contribution in [1.29, 1.82) is 0 Å². The van der Waals surface area contributed by atoms with Crippen molar-refractivity contribution in [3.05, 3.63) is 29.8 Å². The van der Waals surface area contributed by atoms with Gasteiger partial charge in [-0.25, -0.2) is 0 Å². The van der Waals surface area contributed by atoms with E-state index in [0.717, 1.165) is 17.7 Å². The van der Waals surface area contributed by atoms with Crippen molar-refractivity contribution in [2.24, 2.45) is 5.73 Å². The highest BCUT2D eigenvalue weighted by molar-refractivity contribution is 5.85. The Kier molecular flexibility index (Phi) is 9.84. The SMILES string of the molecule is CCOc1ccccc1C(CC)NC(=O)CCC(C)N.Cl. The van der Waals surface area contributed by atoms with Crippen LogP contribution in [0.2, 0.25) is 0 Å². The van der Waals surface area contributed by atoms with Crippen LogP contribution in [-0.2, 0) is 4.79 Å². The van der Waals surface area contributed by atoms with Crippen molar-refractivity contribution < 1.29 is 9.53 Å². The molecule has 0 saturated carbocycles. The average Bonchev–Trinajstić information content (AvgIpc) is 2.44. The van der Waals surface area contributed by atoms with Crippen LogP contribution in [0.15, 0.2) is 24.3 Å². The van der Waals surface area contributed by atoms with Crippen LogP contribution in [0.25, 0.3) is 0 Å². The number of para-hydroxylation sites is 1. The summed E-state index contributed by atoms with van der Waals surface area (Å²) in [6, 6.07) is 7.89. The smallest absolute Gasteiger partial charge is 0.220 e. The maximum Gasteiger partial charge on any atom is 0.220 e. The van der Waals surface area contributed by atoms with Gasteiger partial charge < -0.3 is 15.8 Å². The first-order chi connectivity index (χ1) is 9.58. The van der Waals surface area contributed by atoms with Gasteiger partial charge in [0.15, 0.2) is 0 Å². The first kappa shape index (κ1) is 19.7. The van der Waals surface area contributed by atoms with E-state index in [1.807, 2.05) is 38.1 Å². The van der Waals surface area contributed by atoms with Crippen molar-refractivity contribution in [2.75, 3.05) is 6.61 Å². The third kappa shape index (κ3) is 6.82. The molecule has 0 aromatic heterocycles. The van der Waals surface area contributed by atoms with E-state index in [2.05, 4.69) is 12.2 Å². The van der Waals surface area contributed by atoms with Crippen molar-refractivity contribution in [1.82, 2.24) is 5.32 Å². The molecule has 4 nitrogen and oxygen atoms in total. The lowest BCUT2D eigenvalue weighted by molar-refractivity contribution is -0.122. The van der Waals surface area contributed by atoms with Gasteiger partial charge in [-0.05, 0) is 32.8 Å². The molecule has 1 rings (SSSR count). The molecule has 0 aliphatic carbocycles. The number of carbonyl (C=O) groups is 1. The van der Waals surface area contributed by atoms with Gasteiger partial charge in [-0.1, -0.05) is 25.1 Å². The van der Waals surface area contributed by atoms with Gasteiger partial charge in [0.05, 0.1) is 12.6 Å². The van der Waals surface area contributed by atoms with Crippen LogP contribution in [0.3, 0.4) is 0 Å². The molecule has 2 unspecified atom stereocenters. The molecule has 1 amide bonds. The standard InChI is InChI=1S/C16H26N2O2.ClH/c1-4-14(18-16(19)11-10-12(3)17)13-8-6-7-9-15(13)20-5-2;/h6-9,12,14H,4-5,10-11,17H2,1-3H3,(H,18,19);1H. The van der Waals surface area contributed by atoms with Gasteiger partial charge in [-0.15, -0.1) is 12.4 Å². The van der Waals surface area contributed by atoms with Gasteiger partial charge in [0.2, 0.25) is 5.91 Å². The number of carbonyl (C=O) groups excluding carboxylic acids is 1. The summed E-state index contributed by atoms with van der Waals surface area (Å²) in [6.07, 6.45) is 1.99. The lowest BCUT2D eigenvalue weighted by atomic mass is 10.0. The number of nitrogens with two attached hydrogens (primary N) is 1. The van der Waals surface area contributed by atoms with E-state index in [-0.39, 0.29) is 30.4 Å². The summed E-state index contributed by atoms with van der Waals surface area (Å²) in [5.74, 6) is 0.884. The van der Waals surface area contributed by atoms with Crippen molar-refractivity contribution in [3.8, 4) is 5.75 Å². The highest BCUT2D eigenvalue weighted by Crippen LogP contribution is 2.27. The third-order valence-electron chi connectivity index (χ3n) is 3.16. The molecular formula is C16H27ClN2O2. The Bertz CT molecular complexity index is 424. The fourth-order valence-corrected chi connectivity index (χ4v) is 2.08. The number of hydrogen-bond donors (Lipinski definition) is 2. The summed E-state index contributed by atoms with van der Waals surface area (Å²) in [5.41, 5.74) is 6.71. The second-order valence-corrected chi connectivity index (χ2v) is 5.02. The zero-order valence-electron chi connectivity index (χ0n) is 13.1. The highest BCUT2D eigenvalue weighted by atomic mass is 35.5. The molecule has 120 valence electrons. The number of amides is 1. The van der Waals surface area contributed by atoms with E-state index in [4.69, 9.17) is 10.5 Å². The molecule has 0 radical (unpaired) electrons. The fraction of sp³-hybridized carbons (Fsp3) is 0.562. The Hall–Kier alpha value is -1.26. The number of hydrogen-bond acceptors (Lipinski definition) is 3. The minimum Gasteiger partial charge on any atom is -0.494 e. The Morgan fingerprint density at radius 2 is 2.00 bits per heavy atom. The largest absolute Gasteiger partial charge is 0.494 e. The summed E-state index contributed by atoms with van der Waals surface area (Å²) in [4.78, 5) is 12.0. The van der Waals surface area contributed by atoms with E-state index < -0.39 is 0 Å². The molecule has 0 heterocycles. The van der Waals surface area contributed by atoms with Crippen LogP contribution < -0.4 is 15.8 Å². The normalized spacial score (nSPS) is 13.0. The molecule has 0 aliphatic rings. The molecule has 1 aromatic carbocycles. The van der Waals surface area contributed by atoms with Crippen LogP contribution >= 0.6 is 12.4 Å². The Balaban J connectivity index is 0.00000400. The quantitative estimate of drug-likeness (QED) is 0.774. The first-order valence-electron chi connectivity index (χ1n) is 7.35. The zero-order valence-corrected chi connectivity index (χ0v) is 13.9. The van der Waals surface area contributed by atoms with Gasteiger partial charge in [0.1, 0.15) is 5.75 Å². The Morgan fingerprint density at radius 3 is 2.57 bits per heavy atom. The second-order valence-electron chi connectivity index (χ2n) is 5.02. The lowest BCUT2D eigenvalue weighted by Crippen LogP contribution is -2.29. The summed E-state index contributed by atoms with van der Waals surface area (Å²) < 4.78 is 5.63. The van der Waals surface area contributed by atoms with E-state index in [1.165, 1.54) is 0 Å². The van der Waals surface area contributed by atoms with Gasteiger partial charge in [-0.2, -0.15) is 0 Å². The van der Waals surface area contributed by atoms with Crippen LogP contribution in [0.4, 0.5) is 0 Å². The molecule has 2 atom stereocenters. The first-order valence-corrected chi connectivity index (χ1v) is 7.35. The molecular weight excluding hydrogens is 288 g/mol. The second kappa shape index (κ2) is 10.5. The minimum atomic E-state index is -0.0154. The number of rotatable bonds is 8. The maximum atomic E-state index is 12.0.